The van der Waals surface area contributed by atoms with Crippen LogP contribution in [0, 0.1) is 6.92 Å². The molecule has 7 nitrogen and oxygen atoms in total. The zero-order valence-corrected chi connectivity index (χ0v) is 19.7. The van der Waals surface area contributed by atoms with Crippen LogP contribution in [-0.2, 0) is 11.2 Å². The Balaban J connectivity index is 1.33. The van der Waals surface area contributed by atoms with Gasteiger partial charge in [0.25, 0.3) is 5.91 Å². The lowest BCUT2D eigenvalue weighted by atomic mass is 10.1. The molecule has 1 aromatic heterocycles. The number of hydrogen-bond donors (Lipinski definition) is 1. The summed E-state index contributed by atoms with van der Waals surface area (Å²) < 4.78 is 1.75. The second-order valence-corrected chi connectivity index (χ2v) is 8.60. The molecule has 2 amide bonds. The van der Waals surface area contributed by atoms with Crippen molar-refractivity contribution in [2.24, 2.45) is 0 Å². The number of benzene rings is 2. The summed E-state index contributed by atoms with van der Waals surface area (Å²) in [4.78, 5) is 29.6. The fraction of sp³-hybridized carbons (Fsp3) is 0.320. The SMILES string of the molecule is CCc1ccccc1NC(=O)CN1CCN(C(=O)c2cnn(-c3ccc(Cl)cc3)c2C)CC1. The lowest BCUT2D eigenvalue weighted by Crippen LogP contribution is -2.50. The van der Waals surface area contributed by atoms with Crippen molar-refractivity contribution in [2.45, 2.75) is 20.3 Å². The smallest absolute Gasteiger partial charge is 0.257 e. The summed E-state index contributed by atoms with van der Waals surface area (Å²) in [6, 6.07) is 15.2. The molecule has 1 N–H and O–H groups in total. The molecule has 1 fully saturated rings. The van der Waals surface area contributed by atoms with Crippen LogP contribution in [0.1, 0.15) is 28.5 Å². The Bertz CT molecular complexity index is 1130. The third-order valence-electron chi connectivity index (χ3n) is 6.01. The molecule has 0 unspecified atom stereocenters. The van der Waals surface area contributed by atoms with Crippen LogP contribution in [0.5, 0.6) is 0 Å². The van der Waals surface area contributed by atoms with E-state index >= 15 is 0 Å². The van der Waals surface area contributed by atoms with Gasteiger partial charge in [0.2, 0.25) is 5.91 Å². The minimum absolute atomic E-state index is 0.0317. The van der Waals surface area contributed by atoms with Crippen molar-refractivity contribution in [1.82, 2.24) is 19.6 Å². The minimum atomic E-state index is -0.0336. The van der Waals surface area contributed by atoms with E-state index in [1.54, 1.807) is 23.0 Å². The Kier molecular flexibility index (Phi) is 7.11. The highest BCUT2D eigenvalue weighted by atomic mass is 35.5. The van der Waals surface area contributed by atoms with Crippen LogP contribution >= 0.6 is 11.6 Å². The van der Waals surface area contributed by atoms with Crippen LogP contribution in [-0.4, -0.2) is 64.1 Å². The first-order valence-electron chi connectivity index (χ1n) is 11.2. The van der Waals surface area contributed by atoms with Gasteiger partial charge in [-0.15, -0.1) is 0 Å². The zero-order valence-electron chi connectivity index (χ0n) is 18.9. The zero-order chi connectivity index (χ0) is 23.4. The first-order chi connectivity index (χ1) is 16.0. The number of carbonyl (C=O) groups is 2. The minimum Gasteiger partial charge on any atom is -0.336 e. The Hall–Kier alpha value is -3.16. The number of nitrogens with zero attached hydrogens (tertiary/aromatic N) is 4. The van der Waals surface area contributed by atoms with Crippen LogP contribution in [0.2, 0.25) is 5.02 Å². The molecule has 0 radical (unpaired) electrons. The van der Waals surface area contributed by atoms with Crippen LogP contribution in [0.4, 0.5) is 5.69 Å². The fourth-order valence-corrected chi connectivity index (χ4v) is 4.21. The van der Waals surface area contributed by atoms with Crippen molar-refractivity contribution in [3.05, 3.63) is 76.6 Å². The molecule has 1 saturated heterocycles. The van der Waals surface area contributed by atoms with Gasteiger partial charge in [-0.2, -0.15) is 5.10 Å². The normalized spacial score (nSPS) is 14.3. The summed E-state index contributed by atoms with van der Waals surface area (Å²) in [7, 11) is 0. The average Bonchev–Trinajstić information content (AvgIpc) is 3.21. The molecule has 1 aliphatic heterocycles. The molecule has 33 heavy (non-hydrogen) atoms. The number of rotatable bonds is 6. The molecule has 2 heterocycles. The number of nitrogens with one attached hydrogen (secondary N) is 1. The maximum absolute atomic E-state index is 13.1. The standard InChI is InChI=1S/C25H28ClN5O2/c1-3-19-6-4-5-7-23(19)28-24(32)17-29-12-14-30(15-13-29)25(33)22-16-27-31(18(22)2)21-10-8-20(26)9-11-21/h4-11,16H,3,12-15,17H2,1-2H3,(H,28,32). The molecule has 0 bridgehead atoms. The number of para-hydroxylation sites is 1. The predicted molar refractivity (Wildman–Crippen MR) is 130 cm³/mol. The molecule has 2 aromatic carbocycles. The number of aryl methyl sites for hydroxylation is 1. The third-order valence-corrected chi connectivity index (χ3v) is 6.26. The topological polar surface area (TPSA) is 70.5 Å². The molecular formula is C25H28ClN5O2. The lowest BCUT2D eigenvalue weighted by Gasteiger charge is -2.34. The maximum atomic E-state index is 13.1. The van der Waals surface area contributed by atoms with Gasteiger partial charge in [0.15, 0.2) is 0 Å². The molecule has 1 aliphatic rings. The van der Waals surface area contributed by atoms with Crippen molar-refractivity contribution in [3.63, 3.8) is 0 Å². The molecule has 0 atom stereocenters. The van der Waals surface area contributed by atoms with Crippen LogP contribution < -0.4 is 5.32 Å². The number of anilines is 1. The van der Waals surface area contributed by atoms with Crippen molar-refractivity contribution < 1.29 is 9.59 Å². The molecule has 3 aromatic rings. The summed E-state index contributed by atoms with van der Waals surface area (Å²) in [5.41, 5.74) is 4.23. The number of amides is 2. The second-order valence-electron chi connectivity index (χ2n) is 8.16. The number of piperazine rings is 1. The maximum Gasteiger partial charge on any atom is 0.257 e. The van der Waals surface area contributed by atoms with Gasteiger partial charge in [0.1, 0.15) is 0 Å². The molecule has 0 saturated carbocycles. The molecule has 172 valence electrons. The second kappa shape index (κ2) is 10.2. The van der Waals surface area contributed by atoms with Crippen molar-refractivity contribution in [1.29, 1.82) is 0 Å². The van der Waals surface area contributed by atoms with Gasteiger partial charge >= 0.3 is 0 Å². The monoisotopic (exact) mass is 465 g/mol. The Morgan fingerprint density at radius 2 is 1.73 bits per heavy atom. The van der Waals surface area contributed by atoms with Gasteiger partial charge in [0.05, 0.1) is 29.7 Å². The van der Waals surface area contributed by atoms with E-state index in [4.69, 9.17) is 11.6 Å². The van der Waals surface area contributed by atoms with Crippen molar-refractivity contribution in [2.75, 3.05) is 38.0 Å². The van der Waals surface area contributed by atoms with Crippen LogP contribution in [0.3, 0.4) is 0 Å². The summed E-state index contributed by atoms with van der Waals surface area (Å²) in [6.07, 6.45) is 2.49. The van der Waals surface area contributed by atoms with Gasteiger partial charge < -0.3 is 10.2 Å². The largest absolute Gasteiger partial charge is 0.336 e. The highest BCUT2D eigenvalue weighted by Crippen LogP contribution is 2.19. The van der Waals surface area contributed by atoms with Gasteiger partial charge in [-0.25, -0.2) is 4.68 Å². The fourth-order valence-electron chi connectivity index (χ4n) is 4.08. The Labute approximate surface area is 198 Å². The first kappa shape index (κ1) is 23.0. The lowest BCUT2D eigenvalue weighted by molar-refractivity contribution is -0.117. The van der Waals surface area contributed by atoms with Gasteiger partial charge in [-0.1, -0.05) is 36.7 Å². The van der Waals surface area contributed by atoms with E-state index in [1.807, 2.05) is 48.2 Å². The quantitative estimate of drug-likeness (QED) is 0.601. The molecular weight excluding hydrogens is 438 g/mol. The van der Waals surface area contributed by atoms with Crippen LogP contribution in [0.25, 0.3) is 5.69 Å². The van der Waals surface area contributed by atoms with E-state index in [-0.39, 0.29) is 11.8 Å². The van der Waals surface area contributed by atoms with E-state index in [9.17, 15) is 9.59 Å². The molecule has 0 spiro atoms. The van der Waals surface area contributed by atoms with E-state index < -0.39 is 0 Å². The van der Waals surface area contributed by atoms with Gasteiger partial charge in [-0.05, 0) is 49.2 Å². The van der Waals surface area contributed by atoms with Gasteiger partial charge in [-0.3, -0.25) is 14.5 Å². The van der Waals surface area contributed by atoms with Crippen molar-refractivity contribution in [3.8, 4) is 5.69 Å². The highest BCUT2D eigenvalue weighted by molar-refractivity contribution is 6.30. The number of aromatic nitrogens is 2. The summed E-state index contributed by atoms with van der Waals surface area (Å²) in [5.74, 6) is -0.0653. The van der Waals surface area contributed by atoms with Crippen LogP contribution in [0.15, 0.2) is 54.7 Å². The molecule has 8 heteroatoms. The van der Waals surface area contributed by atoms with Gasteiger partial charge in [0, 0.05) is 36.9 Å². The van der Waals surface area contributed by atoms with E-state index in [0.29, 0.717) is 43.3 Å². The summed E-state index contributed by atoms with van der Waals surface area (Å²) in [6.45, 7) is 6.73. The number of carbonyl (C=O) groups excluding carboxylic acids is 2. The molecule has 4 rings (SSSR count). The molecule has 0 aliphatic carbocycles. The third kappa shape index (κ3) is 5.26. The number of halogens is 1. The Morgan fingerprint density at radius 3 is 2.42 bits per heavy atom. The first-order valence-corrected chi connectivity index (χ1v) is 11.5. The van der Waals surface area contributed by atoms with E-state index in [1.165, 1.54) is 0 Å². The number of hydrogen-bond acceptors (Lipinski definition) is 4. The highest BCUT2D eigenvalue weighted by Gasteiger charge is 2.26. The van der Waals surface area contributed by atoms with Crippen molar-refractivity contribution >= 4 is 29.1 Å². The average molecular weight is 466 g/mol. The Morgan fingerprint density at radius 1 is 1.03 bits per heavy atom. The van der Waals surface area contributed by atoms with E-state index in [2.05, 4.69) is 22.2 Å². The summed E-state index contributed by atoms with van der Waals surface area (Å²) in [5, 5.41) is 8.07. The predicted octanol–water partition coefficient (Wildman–Crippen LogP) is 3.79. The summed E-state index contributed by atoms with van der Waals surface area (Å²) >= 11 is 5.97. The van der Waals surface area contributed by atoms with E-state index in [0.717, 1.165) is 29.1 Å².